The molecular formula is C15H23NO2. The van der Waals surface area contributed by atoms with Crippen molar-refractivity contribution < 1.29 is 9.59 Å². The molecular weight excluding hydrogens is 226 g/mol. The van der Waals surface area contributed by atoms with Crippen molar-refractivity contribution in [1.82, 2.24) is 5.32 Å². The van der Waals surface area contributed by atoms with Gasteiger partial charge >= 0.3 is 0 Å². The predicted molar refractivity (Wildman–Crippen MR) is 71.0 cm³/mol. The molecule has 2 rings (SSSR count). The van der Waals surface area contributed by atoms with Crippen LogP contribution in [0.4, 0.5) is 0 Å². The van der Waals surface area contributed by atoms with Crippen LogP contribution in [0.25, 0.3) is 0 Å². The average Bonchev–Trinajstić information content (AvgIpc) is 2.36. The molecule has 3 heteroatoms. The van der Waals surface area contributed by atoms with Crippen LogP contribution in [0.15, 0.2) is 12.2 Å². The van der Waals surface area contributed by atoms with Crippen molar-refractivity contribution in [3.63, 3.8) is 0 Å². The summed E-state index contributed by atoms with van der Waals surface area (Å²) in [5.74, 6) is 0.682. The summed E-state index contributed by atoms with van der Waals surface area (Å²) in [5, 5.41) is 2.92. The number of ketones is 1. The van der Waals surface area contributed by atoms with Crippen LogP contribution in [0.1, 0.15) is 46.5 Å². The van der Waals surface area contributed by atoms with E-state index in [9.17, 15) is 9.59 Å². The number of nitrogens with one attached hydrogen (secondary N) is 1. The van der Waals surface area contributed by atoms with E-state index in [0.717, 1.165) is 12.8 Å². The van der Waals surface area contributed by atoms with Gasteiger partial charge in [0.2, 0.25) is 5.91 Å². The number of β-lactam (4-membered cyclic amide) rings is 1. The number of amides is 1. The Kier molecular flexibility index (Phi) is 3.60. The van der Waals surface area contributed by atoms with Gasteiger partial charge in [0.05, 0.1) is 11.5 Å². The van der Waals surface area contributed by atoms with E-state index in [1.807, 2.05) is 13.8 Å². The van der Waals surface area contributed by atoms with E-state index in [2.05, 4.69) is 17.5 Å². The first-order valence-corrected chi connectivity index (χ1v) is 6.93. The molecule has 0 bridgehead atoms. The van der Waals surface area contributed by atoms with Gasteiger partial charge in [-0.05, 0) is 45.4 Å². The summed E-state index contributed by atoms with van der Waals surface area (Å²) >= 11 is 0. The van der Waals surface area contributed by atoms with Gasteiger partial charge in [-0.15, -0.1) is 0 Å². The van der Waals surface area contributed by atoms with Gasteiger partial charge in [-0.3, -0.25) is 9.59 Å². The summed E-state index contributed by atoms with van der Waals surface area (Å²) in [6.45, 7) is 5.54. The van der Waals surface area contributed by atoms with E-state index >= 15 is 0 Å². The van der Waals surface area contributed by atoms with E-state index in [1.54, 1.807) is 6.92 Å². The first kappa shape index (κ1) is 13.3. The fourth-order valence-corrected chi connectivity index (χ4v) is 3.26. The van der Waals surface area contributed by atoms with Gasteiger partial charge in [-0.2, -0.15) is 0 Å². The second-order valence-electron chi connectivity index (χ2n) is 6.09. The lowest BCUT2D eigenvalue weighted by Crippen LogP contribution is -2.69. The lowest BCUT2D eigenvalue weighted by Gasteiger charge is -2.50. The van der Waals surface area contributed by atoms with E-state index < -0.39 is 0 Å². The minimum absolute atomic E-state index is 0.0119. The highest BCUT2D eigenvalue weighted by molar-refractivity contribution is 5.92. The molecule has 0 spiro atoms. The zero-order chi connectivity index (χ0) is 13.3. The van der Waals surface area contributed by atoms with Crippen LogP contribution in [0.3, 0.4) is 0 Å². The van der Waals surface area contributed by atoms with E-state index in [-0.39, 0.29) is 29.1 Å². The number of rotatable bonds is 4. The Labute approximate surface area is 109 Å². The number of carbonyl (C=O) groups excluding carboxylic acids is 2. The molecule has 0 saturated carbocycles. The van der Waals surface area contributed by atoms with Crippen molar-refractivity contribution in [3.05, 3.63) is 12.2 Å². The molecule has 4 atom stereocenters. The zero-order valence-electron chi connectivity index (χ0n) is 11.5. The molecule has 1 amide bonds. The van der Waals surface area contributed by atoms with Gasteiger partial charge in [-0.1, -0.05) is 19.1 Å². The van der Waals surface area contributed by atoms with Gasteiger partial charge in [0.25, 0.3) is 0 Å². The highest BCUT2D eigenvalue weighted by Gasteiger charge is 2.54. The van der Waals surface area contributed by atoms with Crippen LogP contribution in [0.5, 0.6) is 0 Å². The lowest BCUT2D eigenvalue weighted by molar-refractivity contribution is -0.150. The predicted octanol–water partition coefficient (Wildman–Crippen LogP) is 2.46. The normalized spacial score (nSPS) is 36.7. The maximum atomic E-state index is 11.9. The number of Topliss-reactive ketones (excluding diaryl/α,β-unsaturated/α-hetero) is 1. The lowest BCUT2D eigenvalue weighted by atomic mass is 9.63. The molecule has 18 heavy (non-hydrogen) atoms. The van der Waals surface area contributed by atoms with Crippen molar-refractivity contribution in [2.24, 2.45) is 17.3 Å². The quantitative estimate of drug-likeness (QED) is 0.614. The highest BCUT2D eigenvalue weighted by atomic mass is 16.2. The maximum Gasteiger partial charge on any atom is 0.228 e. The molecule has 3 nitrogen and oxygen atoms in total. The standard InChI is InChI=1S/C15H23NO2/c1-10(11(2)17)13-15(3,14(18)16-13)9-12-7-5-4-6-8-12/h5,7,10,12-13H,4,6,8-9H2,1-3H3,(H,16,18)/t10?,12?,13-,15?/m0/s1. The molecule has 0 aromatic carbocycles. The summed E-state index contributed by atoms with van der Waals surface area (Å²) in [5.41, 5.74) is -0.364. The summed E-state index contributed by atoms with van der Waals surface area (Å²) in [4.78, 5) is 23.4. The molecule has 1 N–H and O–H groups in total. The molecule has 3 unspecified atom stereocenters. The number of hydrogen-bond acceptors (Lipinski definition) is 2. The first-order valence-electron chi connectivity index (χ1n) is 6.93. The average molecular weight is 249 g/mol. The Hall–Kier alpha value is -1.12. The third kappa shape index (κ3) is 2.23. The topological polar surface area (TPSA) is 46.2 Å². The van der Waals surface area contributed by atoms with Crippen LogP contribution in [0, 0.1) is 17.3 Å². The van der Waals surface area contributed by atoms with Crippen LogP contribution in [-0.4, -0.2) is 17.7 Å². The molecule has 0 radical (unpaired) electrons. The van der Waals surface area contributed by atoms with E-state index in [0.29, 0.717) is 5.92 Å². The van der Waals surface area contributed by atoms with Crippen molar-refractivity contribution >= 4 is 11.7 Å². The Balaban J connectivity index is 2.07. The number of carbonyl (C=O) groups is 2. The fraction of sp³-hybridized carbons (Fsp3) is 0.733. The third-order valence-corrected chi connectivity index (χ3v) is 4.67. The second kappa shape index (κ2) is 4.87. The molecule has 1 saturated heterocycles. The third-order valence-electron chi connectivity index (χ3n) is 4.67. The second-order valence-corrected chi connectivity index (χ2v) is 6.09. The van der Waals surface area contributed by atoms with Gasteiger partial charge < -0.3 is 5.32 Å². The van der Waals surface area contributed by atoms with Gasteiger partial charge in [0, 0.05) is 5.92 Å². The SMILES string of the molecule is CC(=O)C(C)[C@@H]1NC(=O)C1(C)CC1C=CCCC1. The summed E-state index contributed by atoms with van der Waals surface area (Å²) in [7, 11) is 0. The minimum atomic E-state index is -0.364. The van der Waals surface area contributed by atoms with Crippen molar-refractivity contribution in [2.45, 2.75) is 52.5 Å². The van der Waals surface area contributed by atoms with Crippen molar-refractivity contribution in [3.8, 4) is 0 Å². The Morgan fingerprint density at radius 2 is 2.33 bits per heavy atom. The molecule has 1 heterocycles. The molecule has 0 aromatic rings. The fourth-order valence-electron chi connectivity index (χ4n) is 3.26. The van der Waals surface area contributed by atoms with Gasteiger partial charge in [-0.25, -0.2) is 0 Å². The molecule has 1 aliphatic carbocycles. The Morgan fingerprint density at radius 3 is 2.83 bits per heavy atom. The van der Waals surface area contributed by atoms with Gasteiger partial charge in [0.15, 0.2) is 0 Å². The molecule has 2 aliphatic rings. The molecule has 1 aliphatic heterocycles. The van der Waals surface area contributed by atoms with E-state index in [1.165, 1.54) is 12.8 Å². The molecule has 1 fully saturated rings. The van der Waals surface area contributed by atoms with Crippen LogP contribution < -0.4 is 5.32 Å². The summed E-state index contributed by atoms with van der Waals surface area (Å²) < 4.78 is 0. The minimum Gasteiger partial charge on any atom is -0.351 e. The molecule has 100 valence electrons. The van der Waals surface area contributed by atoms with E-state index in [4.69, 9.17) is 0 Å². The Bertz CT molecular complexity index is 388. The smallest absolute Gasteiger partial charge is 0.228 e. The Morgan fingerprint density at radius 1 is 1.61 bits per heavy atom. The maximum absolute atomic E-state index is 11.9. The highest BCUT2D eigenvalue weighted by Crippen LogP contribution is 2.42. The molecule has 0 aromatic heterocycles. The number of hydrogen-bond donors (Lipinski definition) is 1. The van der Waals surface area contributed by atoms with Crippen LogP contribution in [-0.2, 0) is 9.59 Å². The van der Waals surface area contributed by atoms with Gasteiger partial charge in [0.1, 0.15) is 5.78 Å². The summed E-state index contributed by atoms with van der Waals surface area (Å²) in [6, 6.07) is 0.0119. The number of allylic oxidation sites excluding steroid dienone is 2. The van der Waals surface area contributed by atoms with Crippen molar-refractivity contribution in [1.29, 1.82) is 0 Å². The van der Waals surface area contributed by atoms with Crippen molar-refractivity contribution in [2.75, 3.05) is 0 Å². The summed E-state index contributed by atoms with van der Waals surface area (Å²) in [6.07, 6.45) is 8.88. The zero-order valence-corrected chi connectivity index (χ0v) is 11.5. The first-order chi connectivity index (χ1) is 8.45. The van der Waals surface area contributed by atoms with Crippen LogP contribution >= 0.6 is 0 Å². The monoisotopic (exact) mass is 249 g/mol. The largest absolute Gasteiger partial charge is 0.351 e. The van der Waals surface area contributed by atoms with Crippen LogP contribution in [0.2, 0.25) is 0 Å².